The number of ether oxygens (including phenoxy) is 1. The van der Waals surface area contributed by atoms with E-state index in [1.807, 2.05) is 42.5 Å². The van der Waals surface area contributed by atoms with Crippen LogP contribution in [0.1, 0.15) is 29.5 Å². The summed E-state index contributed by atoms with van der Waals surface area (Å²) in [4.78, 5) is 19.9. The van der Waals surface area contributed by atoms with Gasteiger partial charge in [-0.15, -0.1) is 0 Å². The van der Waals surface area contributed by atoms with E-state index in [1.54, 1.807) is 24.3 Å². The molecule has 34 heavy (non-hydrogen) atoms. The Morgan fingerprint density at radius 2 is 1.41 bits per heavy atom. The predicted octanol–water partition coefficient (Wildman–Crippen LogP) is -2.47. The van der Waals surface area contributed by atoms with Gasteiger partial charge in [-0.3, -0.25) is 4.55 Å². The van der Waals surface area contributed by atoms with Crippen LogP contribution in [-0.2, 0) is 27.5 Å². The summed E-state index contributed by atoms with van der Waals surface area (Å²) >= 11 is 0. The van der Waals surface area contributed by atoms with Crippen molar-refractivity contribution in [1.29, 1.82) is 0 Å². The first-order chi connectivity index (χ1) is 15.1. The van der Waals surface area contributed by atoms with Crippen LogP contribution in [-0.4, -0.2) is 18.0 Å². The first kappa shape index (κ1) is 32.8. The molecule has 0 amide bonds. The molecule has 0 radical (unpaired) electrons. The Hall–Kier alpha value is 0.793. The molecule has 0 aliphatic heterocycles. The van der Waals surface area contributed by atoms with Crippen molar-refractivity contribution in [2.45, 2.75) is 30.7 Å². The SMILES string of the molecule is O=P([O-])([O-])C(CCCc1cccc(Oc2ccc(Cc3ccccc3)cc2)c1)S(=O)(=O)O.[K+].[K+]. The largest absolute Gasteiger partial charge is 1.00 e. The average molecular weight is 553 g/mol. The van der Waals surface area contributed by atoms with Crippen molar-refractivity contribution in [1.82, 2.24) is 0 Å². The summed E-state index contributed by atoms with van der Waals surface area (Å²) in [6, 6.07) is 24.9. The maximum atomic E-state index is 11.2. The van der Waals surface area contributed by atoms with Crippen LogP contribution < -0.4 is 117 Å². The van der Waals surface area contributed by atoms with Gasteiger partial charge in [0.05, 0.1) is 0 Å². The number of hydrogen-bond donors (Lipinski definition) is 1. The van der Waals surface area contributed by atoms with E-state index in [1.165, 1.54) is 5.56 Å². The molecule has 0 aromatic heterocycles. The molecule has 1 N–H and O–H groups in total. The molecule has 0 spiro atoms. The second-order valence-electron chi connectivity index (χ2n) is 7.46. The fourth-order valence-corrected chi connectivity index (χ4v) is 5.63. The Morgan fingerprint density at radius 1 is 0.824 bits per heavy atom. The molecule has 0 fully saturated rings. The van der Waals surface area contributed by atoms with Gasteiger partial charge in [-0.05, 0) is 74.2 Å². The Balaban J connectivity index is 0.00000289. The summed E-state index contributed by atoms with van der Waals surface area (Å²) in [6.07, 6.45) is 0.758. The van der Waals surface area contributed by atoms with Crippen molar-refractivity contribution < 1.29 is 135 Å². The van der Waals surface area contributed by atoms with Crippen LogP contribution in [0.15, 0.2) is 78.9 Å². The molecule has 0 saturated heterocycles. The molecule has 11 heteroatoms. The molecule has 3 aromatic carbocycles. The van der Waals surface area contributed by atoms with Gasteiger partial charge in [0.2, 0.25) is 0 Å². The number of hydrogen-bond acceptors (Lipinski definition) is 6. The molecule has 1 unspecified atom stereocenters. The molecule has 7 nitrogen and oxygen atoms in total. The zero-order valence-electron chi connectivity index (χ0n) is 19.2. The molecule has 0 saturated carbocycles. The number of rotatable bonds is 10. The molecular formula is C23H23K2O7PS. The summed E-state index contributed by atoms with van der Waals surface area (Å²) in [6.45, 7) is 0. The summed E-state index contributed by atoms with van der Waals surface area (Å²) in [7, 11) is -10.4. The quantitative estimate of drug-likeness (QED) is 0.168. The van der Waals surface area contributed by atoms with Gasteiger partial charge in [-0.1, -0.05) is 54.6 Å². The third kappa shape index (κ3) is 11.0. The minimum Gasteiger partial charge on any atom is -0.810 e. The Bertz CT molecular complexity index is 1180. The van der Waals surface area contributed by atoms with E-state index in [9.17, 15) is 22.8 Å². The van der Waals surface area contributed by atoms with Crippen LogP contribution in [0.4, 0.5) is 0 Å². The van der Waals surface area contributed by atoms with Crippen LogP contribution in [0.25, 0.3) is 0 Å². The van der Waals surface area contributed by atoms with E-state index in [0.29, 0.717) is 17.9 Å². The van der Waals surface area contributed by atoms with Gasteiger partial charge in [0.25, 0.3) is 10.1 Å². The van der Waals surface area contributed by atoms with Gasteiger partial charge >= 0.3 is 103 Å². The topological polar surface area (TPSA) is 127 Å². The zero-order chi connectivity index (χ0) is 23.2. The van der Waals surface area contributed by atoms with Gasteiger partial charge in [0, 0.05) is 0 Å². The van der Waals surface area contributed by atoms with Gasteiger partial charge in [-0.2, -0.15) is 8.42 Å². The minimum atomic E-state index is -5.46. The van der Waals surface area contributed by atoms with E-state index in [0.717, 1.165) is 17.5 Å². The van der Waals surface area contributed by atoms with Gasteiger partial charge in [0.1, 0.15) is 16.5 Å². The van der Waals surface area contributed by atoms with Gasteiger partial charge in [-0.25, -0.2) is 0 Å². The monoisotopic (exact) mass is 552 g/mol. The van der Waals surface area contributed by atoms with E-state index >= 15 is 0 Å². The van der Waals surface area contributed by atoms with Crippen molar-refractivity contribution in [3.8, 4) is 11.5 Å². The number of aryl methyl sites for hydroxylation is 1. The maximum Gasteiger partial charge on any atom is 1.00 e. The Labute approximate surface area is 285 Å². The predicted molar refractivity (Wildman–Crippen MR) is 118 cm³/mol. The molecule has 0 aliphatic rings. The second kappa shape index (κ2) is 15.3. The molecule has 170 valence electrons. The van der Waals surface area contributed by atoms with E-state index < -0.39 is 29.1 Å². The van der Waals surface area contributed by atoms with Crippen molar-refractivity contribution >= 4 is 17.7 Å². The van der Waals surface area contributed by atoms with Crippen LogP contribution in [0, 0.1) is 0 Å². The van der Waals surface area contributed by atoms with Crippen molar-refractivity contribution in [2.75, 3.05) is 0 Å². The van der Waals surface area contributed by atoms with E-state index in [2.05, 4.69) is 12.1 Å². The normalized spacial score (nSPS) is 12.2. The van der Waals surface area contributed by atoms with Crippen molar-refractivity contribution in [2.24, 2.45) is 0 Å². The average Bonchev–Trinajstić information content (AvgIpc) is 2.72. The van der Waals surface area contributed by atoms with Crippen LogP contribution in [0.3, 0.4) is 0 Å². The fourth-order valence-electron chi connectivity index (χ4n) is 3.36. The number of benzene rings is 3. The smallest absolute Gasteiger partial charge is 0.810 e. The van der Waals surface area contributed by atoms with Crippen molar-refractivity contribution in [3.05, 3.63) is 95.6 Å². The van der Waals surface area contributed by atoms with E-state index in [4.69, 9.17) is 9.29 Å². The summed E-state index contributed by atoms with van der Waals surface area (Å²) in [5.41, 5.74) is 3.15. The molecule has 0 bridgehead atoms. The molecule has 0 aliphatic carbocycles. The first-order valence-electron chi connectivity index (χ1n) is 9.99. The summed E-state index contributed by atoms with van der Waals surface area (Å²) in [5, 5.41) is 0. The van der Waals surface area contributed by atoms with Crippen LogP contribution in [0.2, 0.25) is 0 Å². The first-order valence-corrected chi connectivity index (χ1v) is 13.1. The molecule has 3 rings (SSSR count). The zero-order valence-corrected chi connectivity index (χ0v) is 27.1. The second-order valence-corrected chi connectivity index (χ2v) is 11.1. The maximum absolute atomic E-state index is 11.2. The third-order valence-corrected chi connectivity index (χ3v) is 8.38. The van der Waals surface area contributed by atoms with Crippen LogP contribution >= 0.6 is 7.60 Å². The Kier molecular flexibility index (Phi) is 14.7. The fraction of sp³-hybridized carbons (Fsp3) is 0.217. The molecule has 1 atom stereocenters. The Morgan fingerprint density at radius 3 is 2.00 bits per heavy atom. The van der Waals surface area contributed by atoms with E-state index in [-0.39, 0.29) is 109 Å². The third-order valence-electron chi connectivity index (χ3n) is 4.92. The summed E-state index contributed by atoms with van der Waals surface area (Å²) < 4.78 is 48.3. The standard InChI is InChI=1S/C23H25O7PS.2K/c24-31(25,26)23(32(27,28)29)11-5-9-19-8-4-10-22(17-19)30-21-14-12-20(13-15-21)16-18-6-2-1-3-7-18;;/h1-4,6-8,10,12-15,17,23H,5,9,11,16H2,(H2,24,25,26)(H,27,28,29);;/q;2*+1/p-2. The molecular weight excluding hydrogens is 529 g/mol. The molecule has 0 heterocycles. The summed E-state index contributed by atoms with van der Waals surface area (Å²) in [5.74, 6) is 1.23. The minimum absolute atomic E-state index is 0. The molecule has 3 aromatic rings. The van der Waals surface area contributed by atoms with Crippen LogP contribution in [0.5, 0.6) is 11.5 Å². The van der Waals surface area contributed by atoms with Gasteiger partial charge < -0.3 is 19.1 Å². The van der Waals surface area contributed by atoms with Gasteiger partial charge in [0.15, 0.2) is 0 Å². The van der Waals surface area contributed by atoms with Crippen molar-refractivity contribution in [3.63, 3.8) is 0 Å².